The van der Waals surface area contributed by atoms with Gasteiger partial charge in [-0.25, -0.2) is 10.4 Å². The van der Waals surface area contributed by atoms with Crippen LogP contribution in [0.5, 0.6) is 0 Å². The molecule has 0 bridgehead atoms. The minimum Gasteiger partial charge on any atom is -0.379 e. The van der Waals surface area contributed by atoms with Crippen molar-refractivity contribution in [2.75, 3.05) is 32.8 Å². The van der Waals surface area contributed by atoms with E-state index < -0.39 is 0 Å². The highest BCUT2D eigenvalue weighted by Gasteiger charge is 2.25. The summed E-state index contributed by atoms with van der Waals surface area (Å²) in [6.07, 6.45) is 4.95. The van der Waals surface area contributed by atoms with Crippen LogP contribution in [0, 0.1) is 0 Å². The fourth-order valence-electron chi connectivity index (χ4n) is 2.03. The fourth-order valence-corrected chi connectivity index (χ4v) is 2.03. The monoisotopic (exact) mass is 229 g/mol. The van der Waals surface area contributed by atoms with Crippen molar-refractivity contribution < 1.29 is 4.74 Å². The van der Waals surface area contributed by atoms with Crippen LogP contribution in [0.2, 0.25) is 0 Å². The van der Waals surface area contributed by atoms with Gasteiger partial charge in [-0.05, 0) is 13.3 Å². The van der Waals surface area contributed by atoms with Crippen molar-refractivity contribution in [3.05, 3.63) is 0 Å². The van der Waals surface area contributed by atoms with Crippen molar-refractivity contribution >= 4 is 0 Å². The number of unbranched alkanes of at least 4 members (excludes halogenated alkanes) is 2. The zero-order valence-electron chi connectivity index (χ0n) is 10.8. The molecule has 3 N–H and O–H groups in total. The molecule has 1 atom stereocenters. The van der Waals surface area contributed by atoms with Gasteiger partial charge in [0.2, 0.25) is 0 Å². The summed E-state index contributed by atoms with van der Waals surface area (Å²) in [5.41, 5.74) is 9.50. The second-order valence-electron chi connectivity index (χ2n) is 4.93. The van der Waals surface area contributed by atoms with E-state index in [-0.39, 0.29) is 5.54 Å². The number of hydrogen-bond donors (Lipinski definition) is 2. The summed E-state index contributed by atoms with van der Waals surface area (Å²) in [7, 11) is 0. The Morgan fingerprint density at radius 1 is 1.31 bits per heavy atom. The molecule has 0 aromatic carbocycles. The van der Waals surface area contributed by atoms with Crippen molar-refractivity contribution in [2.45, 2.75) is 45.1 Å². The standard InChI is InChI=1S/C12H27N3O/c1-3-4-5-6-12(2,11-13)14-15-7-9-16-10-8-15/h14H,3-11,13H2,1-2H3. The second kappa shape index (κ2) is 7.22. The van der Waals surface area contributed by atoms with E-state index in [0.29, 0.717) is 6.54 Å². The van der Waals surface area contributed by atoms with Gasteiger partial charge in [-0.15, -0.1) is 0 Å². The van der Waals surface area contributed by atoms with Crippen LogP contribution in [-0.4, -0.2) is 43.4 Å². The minimum absolute atomic E-state index is 0.0481. The lowest BCUT2D eigenvalue weighted by Crippen LogP contribution is -2.59. The third-order valence-corrected chi connectivity index (χ3v) is 3.22. The lowest BCUT2D eigenvalue weighted by molar-refractivity contribution is -0.0105. The number of nitrogens with one attached hydrogen (secondary N) is 1. The Morgan fingerprint density at radius 2 is 2.00 bits per heavy atom. The number of nitrogens with two attached hydrogens (primary N) is 1. The summed E-state index contributed by atoms with van der Waals surface area (Å²) in [5.74, 6) is 0. The molecule has 1 rings (SSSR count). The average Bonchev–Trinajstić information content (AvgIpc) is 2.31. The summed E-state index contributed by atoms with van der Waals surface area (Å²) in [4.78, 5) is 0. The molecule has 4 heteroatoms. The molecule has 1 fully saturated rings. The zero-order chi connectivity index (χ0) is 11.9. The van der Waals surface area contributed by atoms with Crippen molar-refractivity contribution in [3.63, 3.8) is 0 Å². The predicted molar refractivity (Wildman–Crippen MR) is 67.1 cm³/mol. The Kier molecular flexibility index (Phi) is 6.28. The van der Waals surface area contributed by atoms with Crippen LogP contribution in [0.4, 0.5) is 0 Å². The van der Waals surface area contributed by atoms with Crippen LogP contribution < -0.4 is 11.2 Å². The molecular formula is C12H27N3O. The Hall–Kier alpha value is -0.160. The Morgan fingerprint density at radius 3 is 2.56 bits per heavy atom. The summed E-state index contributed by atoms with van der Waals surface area (Å²) in [6.45, 7) is 8.71. The van der Waals surface area contributed by atoms with Crippen molar-refractivity contribution in [1.82, 2.24) is 10.4 Å². The first kappa shape index (κ1) is 13.9. The molecule has 0 radical (unpaired) electrons. The van der Waals surface area contributed by atoms with Crippen LogP contribution >= 0.6 is 0 Å². The van der Waals surface area contributed by atoms with Gasteiger partial charge in [-0.3, -0.25) is 0 Å². The van der Waals surface area contributed by atoms with E-state index in [9.17, 15) is 0 Å². The summed E-state index contributed by atoms with van der Waals surface area (Å²) >= 11 is 0. The van der Waals surface area contributed by atoms with Gasteiger partial charge in [-0.1, -0.05) is 26.2 Å². The topological polar surface area (TPSA) is 50.5 Å². The van der Waals surface area contributed by atoms with Gasteiger partial charge in [0.15, 0.2) is 0 Å². The first-order valence-electron chi connectivity index (χ1n) is 6.51. The fraction of sp³-hybridized carbons (Fsp3) is 1.00. The maximum atomic E-state index is 5.89. The maximum absolute atomic E-state index is 5.89. The van der Waals surface area contributed by atoms with E-state index in [1.807, 2.05) is 0 Å². The highest BCUT2D eigenvalue weighted by Crippen LogP contribution is 2.14. The molecule has 0 aromatic rings. The molecule has 0 saturated carbocycles. The number of nitrogens with zero attached hydrogens (tertiary/aromatic N) is 1. The number of ether oxygens (including phenoxy) is 1. The van der Waals surface area contributed by atoms with Crippen LogP contribution in [-0.2, 0) is 4.74 Å². The van der Waals surface area contributed by atoms with Crippen molar-refractivity contribution in [3.8, 4) is 0 Å². The SMILES string of the molecule is CCCCCC(C)(CN)NN1CCOCC1. The first-order chi connectivity index (χ1) is 7.70. The van der Waals surface area contributed by atoms with E-state index >= 15 is 0 Å². The van der Waals surface area contributed by atoms with Crippen LogP contribution in [0.1, 0.15) is 39.5 Å². The Balaban J connectivity index is 2.32. The van der Waals surface area contributed by atoms with Gasteiger partial charge < -0.3 is 10.5 Å². The quantitative estimate of drug-likeness (QED) is 0.642. The number of hydrogen-bond acceptors (Lipinski definition) is 4. The van der Waals surface area contributed by atoms with Crippen LogP contribution in [0.15, 0.2) is 0 Å². The highest BCUT2D eigenvalue weighted by molar-refractivity contribution is 4.83. The highest BCUT2D eigenvalue weighted by atomic mass is 16.5. The first-order valence-corrected chi connectivity index (χ1v) is 6.51. The predicted octanol–water partition coefficient (Wildman–Crippen LogP) is 1.12. The molecule has 1 unspecified atom stereocenters. The van der Waals surface area contributed by atoms with Crippen LogP contribution in [0.3, 0.4) is 0 Å². The number of morpholine rings is 1. The molecule has 1 saturated heterocycles. The Labute approximate surface area is 99.5 Å². The molecule has 4 nitrogen and oxygen atoms in total. The molecule has 1 aliphatic rings. The van der Waals surface area contributed by atoms with E-state index in [0.717, 1.165) is 32.7 Å². The molecule has 0 amide bonds. The maximum Gasteiger partial charge on any atom is 0.0608 e. The van der Waals surface area contributed by atoms with Gasteiger partial charge in [0, 0.05) is 25.2 Å². The number of hydrazine groups is 1. The summed E-state index contributed by atoms with van der Waals surface area (Å²) < 4.78 is 5.33. The molecule has 1 aliphatic heterocycles. The van der Waals surface area contributed by atoms with Gasteiger partial charge in [-0.2, -0.15) is 0 Å². The lowest BCUT2D eigenvalue weighted by atomic mass is 9.95. The van der Waals surface area contributed by atoms with E-state index in [2.05, 4.69) is 24.3 Å². The lowest BCUT2D eigenvalue weighted by Gasteiger charge is -2.38. The van der Waals surface area contributed by atoms with Gasteiger partial charge in [0.25, 0.3) is 0 Å². The average molecular weight is 229 g/mol. The normalized spacial score (nSPS) is 21.9. The summed E-state index contributed by atoms with van der Waals surface area (Å²) in [6, 6.07) is 0. The molecule has 0 aromatic heterocycles. The van der Waals surface area contributed by atoms with E-state index in [1.165, 1.54) is 19.3 Å². The van der Waals surface area contributed by atoms with Crippen molar-refractivity contribution in [2.24, 2.45) is 5.73 Å². The molecule has 96 valence electrons. The van der Waals surface area contributed by atoms with E-state index in [1.54, 1.807) is 0 Å². The van der Waals surface area contributed by atoms with Crippen LogP contribution in [0.25, 0.3) is 0 Å². The number of rotatable bonds is 7. The van der Waals surface area contributed by atoms with Gasteiger partial charge in [0.1, 0.15) is 0 Å². The van der Waals surface area contributed by atoms with Gasteiger partial charge in [0.05, 0.1) is 13.2 Å². The molecule has 16 heavy (non-hydrogen) atoms. The summed E-state index contributed by atoms with van der Waals surface area (Å²) in [5, 5.41) is 2.25. The smallest absolute Gasteiger partial charge is 0.0608 e. The minimum atomic E-state index is 0.0481. The second-order valence-corrected chi connectivity index (χ2v) is 4.93. The third kappa shape index (κ3) is 4.78. The zero-order valence-corrected chi connectivity index (χ0v) is 10.8. The van der Waals surface area contributed by atoms with E-state index in [4.69, 9.17) is 10.5 Å². The van der Waals surface area contributed by atoms with Crippen molar-refractivity contribution in [1.29, 1.82) is 0 Å². The van der Waals surface area contributed by atoms with Gasteiger partial charge >= 0.3 is 0 Å². The molecule has 1 heterocycles. The molecule has 0 spiro atoms. The third-order valence-electron chi connectivity index (χ3n) is 3.22. The Bertz CT molecular complexity index is 183. The molecular weight excluding hydrogens is 202 g/mol. The molecule has 0 aliphatic carbocycles. The largest absolute Gasteiger partial charge is 0.379 e.